The van der Waals surface area contributed by atoms with Crippen LogP contribution in [0, 0.1) is 11.8 Å². The molecule has 5 nitrogen and oxygen atoms in total. The van der Waals surface area contributed by atoms with Gasteiger partial charge in [-0.05, 0) is 19.3 Å². The van der Waals surface area contributed by atoms with Crippen LogP contribution in [0.1, 0.15) is 64.7 Å². The highest BCUT2D eigenvalue weighted by Gasteiger charge is 2.39. The molecule has 0 aromatic heterocycles. The number of aliphatic carboxylic acids is 1. The largest absolute Gasteiger partial charge is 0.481 e. The van der Waals surface area contributed by atoms with Gasteiger partial charge in [0, 0.05) is 31.8 Å². The summed E-state index contributed by atoms with van der Waals surface area (Å²) in [7, 11) is 1.68. The van der Waals surface area contributed by atoms with Gasteiger partial charge in [0.15, 0.2) is 0 Å². The molecule has 1 rings (SSSR count). The summed E-state index contributed by atoms with van der Waals surface area (Å²) < 4.78 is 5.46. The fourth-order valence-electron chi connectivity index (χ4n) is 3.37. The van der Waals surface area contributed by atoms with Crippen molar-refractivity contribution in [3.8, 4) is 0 Å². The lowest BCUT2D eigenvalue weighted by Gasteiger charge is -2.18. The monoisotopic (exact) mass is 340 g/mol. The Hall–Kier alpha value is -1.20. The maximum atomic E-state index is 12.1. The highest BCUT2D eigenvalue weighted by Crippen LogP contribution is 2.34. The molecule has 4 atom stereocenters. The highest BCUT2D eigenvalue weighted by molar-refractivity contribution is 5.84. The number of aliphatic hydroxyl groups excluding tert-OH is 1. The van der Waals surface area contributed by atoms with E-state index in [2.05, 4.69) is 6.92 Å². The summed E-state index contributed by atoms with van der Waals surface area (Å²) in [6.07, 6.45) is 9.94. The maximum Gasteiger partial charge on any atom is 0.303 e. The zero-order chi connectivity index (χ0) is 17.9. The predicted molar refractivity (Wildman–Crippen MR) is 92.8 cm³/mol. The minimum Gasteiger partial charge on any atom is -0.481 e. The Kier molecular flexibility index (Phi) is 9.88. The van der Waals surface area contributed by atoms with Crippen LogP contribution >= 0.6 is 0 Å². The van der Waals surface area contributed by atoms with Crippen LogP contribution in [0.3, 0.4) is 0 Å². The second kappa shape index (κ2) is 11.4. The SMILES string of the molecule is CCCCC[C@@H](/C=C/[C@H]1[C@H](O)CC(=O)[C@@H]1CCCCC(=O)O)OC. The first-order valence-corrected chi connectivity index (χ1v) is 9.13. The summed E-state index contributed by atoms with van der Waals surface area (Å²) in [4.78, 5) is 22.7. The molecular weight excluding hydrogens is 308 g/mol. The lowest BCUT2D eigenvalue weighted by molar-refractivity contribution is -0.137. The summed E-state index contributed by atoms with van der Waals surface area (Å²) in [5, 5.41) is 18.8. The van der Waals surface area contributed by atoms with Crippen LogP contribution in [-0.2, 0) is 14.3 Å². The van der Waals surface area contributed by atoms with Crippen molar-refractivity contribution in [3.05, 3.63) is 12.2 Å². The molecule has 24 heavy (non-hydrogen) atoms. The molecule has 1 aliphatic carbocycles. The quantitative estimate of drug-likeness (QED) is 0.420. The molecule has 5 heteroatoms. The summed E-state index contributed by atoms with van der Waals surface area (Å²) >= 11 is 0. The van der Waals surface area contributed by atoms with Gasteiger partial charge in [-0.15, -0.1) is 0 Å². The normalized spacial score (nSPS) is 25.5. The third kappa shape index (κ3) is 7.14. The molecule has 0 heterocycles. The van der Waals surface area contributed by atoms with Gasteiger partial charge in [0.1, 0.15) is 5.78 Å². The molecule has 2 N–H and O–H groups in total. The molecule has 138 valence electrons. The second-order valence-corrected chi connectivity index (χ2v) is 6.72. The first kappa shape index (κ1) is 20.8. The number of Topliss-reactive ketones (excluding diaryl/α,β-unsaturated/α-hetero) is 1. The second-order valence-electron chi connectivity index (χ2n) is 6.72. The fourth-order valence-corrected chi connectivity index (χ4v) is 3.37. The zero-order valence-corrected chi connectivity index (χ0v) is 14.9. The summed E-state index contributed by atoms with van der Waals surface area (Å²) in [6, 6.07) is 0. The number of hydrogen-bond donors (Lipinski definition) is 2. The number of ether oxygens (including phenoxy) is 1. The van der Waals surface area contributed by atoms with Gasteiger partial charge >= 0.3 is 5.97 Å². The molecule has 1 saturated carbocycles. The molecule has 0 spiro atoms. The van der Waals surface area contributed by atoms with Crippen molar-refractivity contribution < 1.29 is 24.5 Å². The summed E-state index contributed by atoms with van der Waals surface area (Å²) in [6.45, 7) is 2.16. The number of methoxy groups -OCH3 is 1. The van der Waals surface area contributed by atoms with Crippen LogP contribution in [0.5, 0.6) is 0 Å². The van der Waals surface area contributed by atoms with E-state index in [1.54, 1.807) is 7.11 Å². The minimum absolute atomic E-state index is 0.0205. The third-order valence-electron chi connectivity index (χ3n) is 4.83. The summed E-state index contributed by atoms with van der Waals surface area (Å²) in [5.41, 5.74) is 0. The van der Waals surface area contributed by atoms with Crippen molar-refractivity contribution in [1.29, 1.82) is 0 Å². The van der Waals surface area contributed by atoms with Gasteiger partial charge in [-0.2, -0.15) is 0 Å². The first-order valence-electron chi connectivity index (χ1n) is 9.13. The van der Waals surface area contributed by atoms with E-state index in [4.69, 9.17) is 9.84 Å². The van der Waals surface area contributed by atoms with Crippen molar-refractivity contribution in [2.45, 2.75) is 76.9 Å². The van der Waals surface area contributed by atoms with E-state index >= 15 is 0 Å². The Bertz CT molecular complexity index is 418. The van der Waals surface area contributed by atoms with Crippen molar-refractivity contribution >= 4 is 11.8 Å². The van der Waals surface area contributed by atoms with E-state index in [0.717, 1.165) is 19.3 Å². The van der Waals surface area contributed by atoms with Gasteiger partial charge in [0.25, 0.3) is 0 Å². The van der Waals surface area contributed by atoms with Crippen molar-refractivity contribution in [2.24, 2.45) is 11.8 Å². The highest BCUT2D eigenvalue weighted by atomic mass is 16.5. The molecule has 1 fully saturated rings. The van der Waals surface area contributed by atoms with Gasteiger partial charge in [0.05, 0.1) is 12.2 Å². The lowest BCUT2D eigenvalue weighted by Crippen LogP contribution is -2.19. The number of aliphatic hydroxyl groups is 1. The molecule has 1 aliphatic rings. The van der Waals surface area contributed by atoms with Crippen molar-refractivity contribution in [1.82, 2.24) is 0 Å². The van der Waals surface area contributed by atoms with Crippen LogP contribution < -0.4 is 0 Å². The average Bonchev–Trinajstić information content (AvgIpc) is 2.80. The van der Waals surface area contributed by atoms with E-state index in [1.807, 2.05) is 12.2 Å². The van der Waals surface area contributed by atoms with Gasteiger partial charge in [-0.1, -0.05) is 44.8 Å². The van der Waals surface area contributed by atoms with E-state index in [9.17, 15) is 14.7 Å². The molecule has 0 aliphatic heterocycles. The van der Waals surface area contributed by atoms with Gasteiger partial charge in [-0.25, -0.2) is 0 Å². The Morgan fingerprint density at radius 2 is 2.08 bits per heavy atom. The first-order chi connectivity index (χ1) is 11.5. The molecular formula is C19H32O5. The smallest absolute Gasteiger partial charge is 0.303 e. The van der Waals surface area contributed by atoms with Crippen molar-refractivity contribution in [3.63, 3.8) is 0 Å². The third-order valence-corrected chi connectivity index (χ3v) is 4.83. The minimum atomic E-state index is -0.806. The molecule has 0 radical (unpaired) electrons. The molecule has 0 aromatic rings. The number of ketones is 1. The Morgan fingerprint density at radius 3 is 2.71 bits per heavy atom. The standard InChI is InChI=1S/C19H32O5/c1-3-4-5-8-14(24-2)11-12-16-15(17(20)13-18(16)21)9-6-7-10-19(22)23/h11-12,14-16,18,21H,3-10,13H2,1-2H3,(H,22,23)/b12-11+/t14-,15+,16+,18+/m0/s1. The van der Waals surface area contributed by atoms with Crippen molar-refractivity contribution in [2.75, 3.05) is 7.11 Å². The lowest BCUT2D eigenvalue weighted by atomic mass is 9.88. The predicted octanol–water partition coefficient (Wildman–Crippen LogP) is 3.35. The number of carboxylic acids is 1. The molecule has 0 aromatic carbocycles. The number of carbonyl (C=O) groups excluding carboxylic acids is 1. The zero-order valence-electron chi connectivity index (χ0n) is 14.9. The fraction of sp³-hybridized carbons (Fsp3) is 0.789. The average molecular weight is 340 g/mol. The van der Waals surface area contributed by atoms with Crippen LogP contribution in [0.15, 0.2) is 12.2 Å². The van der Waals surface area contributed by atoms with Crippen LogP contribution in [0.2, 0.25) is 0 Å². The number of carboxylic acid groups (broad SMARTS) is 1. The van der Waals surface area contributed by atoms with Gasteiger partial charge in [0.2, 0.25) is 0 Å². The molecule has 0 bridgehead atoms. The number of rotatable bonds is 12. The van der Waals surface area contributed by atoms with Gasteiger partial charge < -0.3 is 14.9 Å². The van der Waals surface area contributed by atoms with Crippen LogP contribution in [0.25, 0.3) is 0 Å². The Morgan fingerprint density at radius 1 is 1.33 bits per heavy atom. The summed E-state index contributed by atoms with van der Waals surface area (Å²) in [5.74, 6) is -1.09. The van der Waals surface area contributed by atoms with E-state index in [1.165, 1.54) is 6.42 Å². The Balaban J connectivity index is 2.55. The molecule has 0 saturated heterocycles. The number of carbonyl (C=O) groups is 2. The van der Waals surface area contributed by atoms with Gasteiger partial charge in [-0.3, -0.25) is 9.59 Å². The van der Waals surface area contributed by atoms with Crippen LogP contribution in [-0.4, -0.2) is 41.3 Å². The van der Waals surface area contributed by atoms with Crippen LogP contribution in [0.4, 0.5) is 0 Å². The number of unbranched alkanes of at least 4 members (excludes halogenated alkanes) is 3. The molecule has 0 amide bonds. The van der Waals surface area contributed by atoms with E-state index in [-0.39, 0.29) is 36.6 Å². The topological polar surface area (TPSA) is 83.8 Å². The number of hydrogen-bond acceptors (Lipinski definition) is 4. The van der Waals surface area contributed by atoms with E-state index in [0.29, 0.717) is 19.3 Å². The Labute approximate surface area is 145 Å². The van der Waals surface area contributed by atoms with E-state index < -0.39 is 12.1 Å². The maximum absolute atomic E-state index is 12.1. The molecule has 0 unspecified atom stereocenters.